The van der Waals surface area contributed by atoms with E-state index in [0.717, 1.165) is 12.5 Å². The first-order valence-electron chi connectivity index (χ1n) is 7.22. The number of rotatable bonds is 6. The molecule has 2 atom stereocenters. The van der Waals surface area contributed by atoms with Gasteiger partial charge in [-0.3, -0.25) is 0 Å². The highest BCUT2D eigenvalue weighted by molar-refractivity contribution is 4.98. The summed E-state index contributed by atoms with van der Waals surface area (Å²) in [5.41, 5.74) is 0.0143. The molecule has 0 heterocycles. The molecule has 3 heteroatoms. The molecule has 0 aliphatic heterocycles. The van der Waals surface area contributed by atoms with E-state index in [9.17, 15) is 5.11 Å². The Hall–Kier alpha value is -0.120. The molecule has 0 aromatic rings. The molecule has 0 radical (unpaired) electrons. The predicted molar refractivity (Wildman–Crippen MR) is 71.1 cm³/mol. The molecule has 2 aliphatic carbocycles. The van der Waals surface area contributed by atoms with Crippen molar-refractivity contribution in [1.82, 2.24) is 10.2 Å². The topological polar surface area (TPSA) is 35.5 Å². The molecule has 0 spiro atoms. The Morgan fingerprint density at radius 3 is 2.59 bits per heavy atom. The van der Waals surface area contributed by atoms with Crippen molar-refractivity contribution in [1.29, 1.82) is 0 Å². The van der Waals surface area contributed by atoms with E-state index in [2.05, 4.69) is 17.3 Å². The Balaban J connectivity index is 1.80. The highest BCUT2D eigenvalue weighted by atomic mass is 16.3. The summed E-state index contributed by atoms with van der Waals surface area (Å²) in [6.07, 6.45) is 9.09. The van der Waals surface area contributed by atoms with Gasteiger partial charge in [-0.25, -0.2) is 0 Å². The zero-order chi connectivity index (χ0) is 12.3. The molecule has 3 nitrogen and oxygen atoms in total. The second kappa shape index (κ2) is 5.68. The van der Waals surface area contributed by atoms with Gasteiger partial charge in [-0.15, -0.1) is 0 Å². The summed E-state index contributed by atoms with van der Waals surface area (Å²) in [7, 11) is 4.27. The summed E-state index contributed by atoms with van der Waals surface area (Å²) in [5, 5.41) is 13.0. The molecule has 100 valence electrons. The van der Waals surface area contributed by atoms with Crippen LogP contribution in [0.3, 0.4) is 0 Å². The molecule has 0 aromatic carbocycles. The Morgan fingerprint density at radius 1 is 1.29 bits per heavy atom. The molecular weight excluding hydrogens is 212 g/mol. The minimum atomic E-state index is 0.0143. The van der Waals surface area contributed by atoms with Crippen LogP contribution < -0.4 is 5.32 Å². The van der Waals surface area contributed by atoms with Crippen LogP contribution in [-0.4, -0.2) is 48.8 Å². The lowest BCUT2D eigenvalue weighted by molar-refractivity contribution is 0.104. The molecule has 0 saturated heterocycles. The Bertz CT molecular complexity index is 236. The third-order valence-corrected chi connectivity index (χ3v) is 5.27. The van der Waals surface area contributed by atoms with Crippen LogP contribution >= 0.6 is 0 Å². The molecule has 2 unspecified atom stereocenters. The molecule has 17 heavy (non-hydrogen) atoms. The van der Waals surface area contributed by atoms with Crippen molar-refractivity contribution < 1.29 is 5.11 Å². The summed E-state index contributed by atoms with van der Waals surface area (Å²) in [5.74, 6) is 0.653. The smallest absolute Gasteiger partial charge is 0.0615 e. The molecule has 2 aliphatic rings. The van der Waals surface area contributed by atoms with E-state index in [1.807, 2.05) is 7.05 Å². The fraction of sp³-hybridized carbons (Fsp3) is 1.00. The van der Waals surface area contributed by atoms with E-state index in [1.54, 1.807) is 0 Å². The van der Waals surface area contributed by atoms with E-state index in [0.29, 0.717) is 12.5 Å². The van der Waals surface area contributed by atoms with Gasteiger partial charge in [0.05, 0.1) is 6.61 Å². The number of nitrogens with one attached hydrogen (secondary N) is 1. The van der Waals surface area contributed by atoms with Crippen LogP contribution in [0.15, 0.2) is 0 Å². The summed E-state index contributed by atoms with van der Waals surface area (Å²) in [6.45, 7) is 1.49. The van der Waals surface area contributed by atoms with Gasteiger partial charge < -0.3 is 15.3 Å². The van der Waals surface area contributed by atoms with E-state index in [1.165, 1.54) is 45.1 Å². The Labute approximate surface area is 106 Å². The third-order valence-electron chi connectivity index (χ3n) is 5.27. The maximum absolute atomic E-state index is 9.64. The number of aliphatic hydroxyl groups is 1. The van der Waals surface area contributed by atoms with Crippen LogP contribution in [0.2, 0.25) is 0 Å². The van der Waals surface area contributed by atoms with Crippen LogP contribution in [0, 0.1) is 5.92 Å². The van der Waals surface area contributed by atoms with Gasteiger partial charge in [0, 0.05) is 11.6 Å². The molecule has 0 aromatic heterocycles. The van der Waals surface area contributed by atoms with Gasteiger partial charge in [0.1, 0.15) is 0 Å². The van der Waals surface area contributed by atoms with Gasteiger partial charge in [-0.1, -0.05) is 12.8 Å². The van der Waals surface area contributed by atoms with Gasteiger partial charge >= 0.3 is 0 Å². The summed E-state index contributed by atoms with van der Waals surface area (Å²) < 4.78 is 0. The zero-order valence-corrected chi connectivity index (χ0v) is 11.4. The first-order chi connectivity index (χ1) is 8.22. The number of hydrogen-bond donors (Lipinski definition) is 2. The standard InChI is InChI=1S/C14H28N2O/c1-15-14(11-17)9-4-5-12(14)8-10-16(2)13-6-3-7-13/h12-13,15,17H,3-11H2,1-2H3. The van der Waals surface area contributed by atoms with Crippen LogP contribution in [-0.2, 0) is 0 Å². The SMILES string of the molecule is CNC1(CO)CCCC1CCN(C)C1CCC1. The van der Waals surface area contributed by atoms with Crippen molar-refractivity contribution in [2.45, 2.75) is 56.5 Å². The van der Waals surface area contributed by atoms with Gasteiger partial charge in [-0.2, -0.15) is 0 Å². The molecule has 2 saturated carbocycles. The molecule has 2 fully saturated rings. The summed E-state index contributed by atoms with van der Waals surface area (Å²) in [6, 6.07) is 0.842. The largest absolute Gasteiger partial charge is 0.394 e. The lowest BCUT2D eigenvalue weighted by atomic mass is 9.84. The zero-order valence-electron chi connectivity index (χ0n) is 11.4. The molecule has 0 amide bonds. The normalized spacial score (nSPS) is 34.2. The fourth-order valence-corrected chi connectivity index (χ4v) is 3.55. The van der Waals surface area contributed by atoms with Crippen molar-refractivity contribution in [2.75, 3.05) is 27.2 Å². The number of likely N-dealkylation sites (N-methyl/N-ethyl adjacent to an activating group) is 1. The van der Waals surface area contributed by atoms with Crippen LogP contribution in [0.25, 0.3) is 0 Å². The maximum Gasteiger partial charge on any atom is 0.0615 e. The van der Waals surface area contributed by atoms with Crippen molar-refractivity contribution in [3.05, 3.63) is 0 Å². The van der Waals surface area contributed by atoms with E-state index in [4.69, 9.17) is 0 Å². The molecule has 2 rings (SSSR count). The number of hydrogen-bond acceptors (Lipinski definition) is 3. The van der Waals surface area contributed by atoms with E-state index in [-0.39, 0.29) is 5.54 Å². The van der Waals surface area contributed by atoms with Gasteiger partial charge in [0.25, 0.3) is 0 Å². The summed E-state index contributed by atoms with van der Waals surface area (Å²) in [4.78, 5) is 2.53. The highest BCUT2D eigenvalue weighted by Gasteiger charge is 2.40. The maximum atomic E-state index is 9.64. The fourth-order valence-electron chi connectivity index (χ4n) is 3.55. The summed E-state index contributed by atoms with van der Waals surface area (Å²) >= 11 is 0. The molecule has 2 N–H and O–H groups in total. The lowest BCUT2D eigenvalue weighted by Gasteiger charge is -2.38. The quantitative estimate of drug-likeness (QED) is 0.740. The second-order valence-electron chi connectivity index (χ2n) is 6.01. The van der Waals surface area contributed by atoms with Gasteiger partial charge in [0.2, 0.25) is 0 Å². The van der Waals surface area contributed by atoms with Crippen molar-refractivity contribution in [2.24, 2.45) is 5.92 Å². The minimum Gasteiger partial charge on any atom is -0.394 e. The number of nitrogens with zero attached hydrogens (tertiary/aromatic N) is 1. The monoisotopic (exact) mass is 240 g/mol. The van der Waals surface area contributed by atoms with Crippen molar-refractivity contribution >= 4 is 0 Å². The first kappa shape index (κ1) is 13.3. The van der Waals surface area contributed by atoms with Crippen molar-refractivity contribution in [3.63, 3.8) is 0 Å². The first-order valence-corrected chi connectivity index (χ1v) is 7.22. The minimum absolute atomic E-state index is 0.0143. The third kappa shape index (κ3) is 2.67. The Kier molecular flexibility index (Phi) is 4.45. The average molecular weight is 240 g/mol. The second-order valence-corrected chi connectivity index (χ2v) is 6.01. The molecular formula is C14H28N2O. The van der Waals surface area contributed by atoms with E-state index < -0.39 is 0 Å². The van der Waals surface area contributed by atoms with Crippen molar-refractivity contribution in [3.8, 4) is 0 Å². The molecule has 0 bridgehead atoms. The van der Waals surface area contributed by atoms with Crippen LogP contribution in [0.1, 0.15) is 44.9 Å². The van der Waals surface area contributed by atoms with Gasteiger partial charge in [-0.05, 0) is 58.7 Å². The lowest BCUT2D eigenvalue weighted by Crippen LogP contribution is -2.50. The predicted octanol–water partition coefficient (Wildman–Crippen LogP) is 1.61. The average Bonchev–Trinajstić information content (AvgIpc) is 2.67. The highest BCUT2D eigenvalue weighted by Crippen LogP contribution is 2.37. The number of aliphatic hydroxyl groups excluding tert-OH is 1. The van der Waals surface area contributed by atoms with Gasteiger partial charge in [0.15, 0.2) is 0 Å². The Morgan fingerprint density at radius 2 is 2.06 bits per heavy atom. The van der Waals surface area contributed by atoms with E-state index >= 15 is 0 Å². The van der Waals surface area contributed by atoms with Crippen LogP contribution in [0.4, 0.5) is 0 Å². The van der Waals surface area contributed by atoms with Crippen LogP contribution in [0.5, 0.6) is 0 Å².